The monoisotopic (exact) mass is 471 g/mol. The number of likely N-dealkylation sites (tertiary alicyclic amines) is 2. The van der Waals surface area contributed by atoms with E-state index in [0.29, 0.717) is 23.9 Å². The van der Waals surface area contributed by atoms with Gasteiger partial charge in [0.15, 0.2) is 0 Å². The van der Waals surface area contributed by atoms with Gasteiger partial charge in [-0.25, -0.2) is 9.97 Å². The molecule has 34 heavy (non-hydrogen) atoms. The molecule has 1 unspecified atom stereocenters. The van der Waals surface area contributed by atoms with Crippen LogP contribution in [0.4, 0.5) is 0 Å². The minimum atomic E-state index is 0.513. The molecule has 0 amide bonds. The number of aromatic amines is 1. The molecule has 176 valence electrons. The number of aromatic nitrogens is 3. The van der Waals surface area contributed by atoms with Crippen molar-refractivity contribution in [2.24, 2.45) is 0 Å². The van der Waals surface area contributed by atoms with Gasteiger partial charge in [-0.15, -0.1) is 11.3 Å². The van der Waals surface area contributed by atoms with Gasteiger partial charge in [0.2, 0.25) is 0 Å². The zero-order valence-electron chi connectivity index (χ0n) is 20.2. The first-order valence-corrected chi connectivity index (χ1v) is 13.4. The first-order valence-electron chi connectivity index (χ1n) is 12.5. The molecule has 1 N–H and O–H groups in total. The number of para-hydroxylation sites is 2. The summed E-state index contributed by atoms with van der Waals surface area (Å²) in [6.45, 7) is 11.3. The summed E-state index contributed by atoms with van der Waals surface area (Å²) < 4.78 is 0. The second-order valence-electron chi connectivity index (χ2n) is 10.4. The highest BCUT2D eigenvalue weighted by atomic mass is 32.1. The van der Waals surface area contributed by atoms with Crippen LogP contribution in [0.2, 0.25) is 0 Å². The third kappa shape index (κ3) is 4.19. The molecule has 6 heteroatoms. The first kappa shape index (κ1) is 22.0. The maximum Gasteiger partial charge on any atom is 0.112 e. The van der Waals surface area contributed by atoms with Gasteiger partial charge in [-0.2, -0.15) is 0 Å². The summed E-state index contributed by atoms with van der Waals surface area (Å²) in [4.78, 5) is 18.3. The lowest BCUT2D eigenvalue weighted by molar-refractivity contribution is 0.0969. The van der Waals surface area contributed by atoms with Crippen LogP contribution >= 0.6 is 11.3 Å². The molecule has 2 saturated heterocycles. The molecule has 0 saturated carbocycles. The van der Waals surface area contributed by atoms with Crippen LogP contribution in [0, 0.1) is 0 Å². The van der Waals surface area contributed by atoms with Crippen LogP contribution < -0.4 is 0 Å². The Bertz CT molecular complexity index is 1230. The van der Waals surface area contributed by atoms with E-state index in [1.807, 2.05) is 11.3 Å². The number of hydrogen-bond donors (Lipinski definition) is 1. The van der Waals surface area contributed by atoms with Gasteiger partial charge in [0, 0.05) is 61.0 Å². The Morgan fingerprint density at radius 1 is 0.912 bits per heavy atom. The lowest BCUT2D eigenvalue weighted by Gasteiger charge is -2.42. The van der Waals surface area contributed by atoms with E-state index in [0.717, 1.165) is 55.2 Å². The van der Waals surface area contributed by atoms with Crippen molar-refractivity contribution in [3.63, 3.8) is 0 Å². The molecule has 4 heterocycles. The molecule has 2 aliphatic rings. The van der Waals surface area contributed by atoms with Crippen LogP contribution in [-0.4, -0.2) is 63.0 Å². The number of H-pyrrole nitrogens is 1. The van der Waals surface area contributed by atoms with Gasteiger partial charge < -0.3 is 4.98 Å². The highest BCUT2D eigenvalue weighted by Crippen LogP contribution is 2.33. The summed E-state index contributed by atoms with van der Waals surface area (Å²) in [5.41, 5.74) is 5.96. The molecule has 2 aromatic heterocycles. The van der Waals surface area contributed by atoms with Gasteiger partial charge in [-0.1, -0.05) is 36.4 Å². The number of thiazole rings is 1. The number of fused-ring (bicyclic) bond motifs is 1. The topological polar surface area (TPSA) is 48.1 Å². The van der Waals surface area contributed by atoms with Crippen LogP contribution in [0.5, 0.6) is 0 Å². The SMILES string of the molecule is CC(C)N1CC(c2nc(-c3ccc(CC(C)N4CC(c5nc6ccccc6[nH]5)C4)cc3)cs2)C1. The van der Waals surface area contributed by atoms with Crippen molar-refractivity contribution in [3.05, 3.63) is 70.3 Å². The minimum Gasteiger partial charge on any atom is -0.342 e. The maximum atomic E-state index is 4.97. The van der Waals surface area contributed by atoms with E-state index in [1.54, 1.807) is 0 Å². The number of imidazole rings is 1. The molecular weight excluding hydrogens is 438 g/mol. The molecule has 2 aromatic carbocycles. The fourth-order valence-electron chi connectivity index (χ4n) is 5.19. The fraction of sp³-hybridized carbons (Fsp3) is 0.429. The molecule has 0 spiro atoms. The van der Waals surface area contributed by atoms with Crippen molar-refractivity contribution in [2.45, 2.75) is 51.1 Å². The smallest absolute Gasteiger partial charge is 0.112 e. The lowest BCUT2D eigenvalue weighted by Crippen LogP contribution is -2.50. The van der Waals surface area contributed by atoms with E-state index < -0.39 is 0 Å². The van der Waals surface area contributed by atoms with E-state index in [1.165, 1.54) is 16.1 Å². The molecule has 0 radical (unpaired) electrons. The minimum absolute atomic E-state index is 0.513. The van der Waals surface area contributed by atoms with Crippen molar-refractivity contribution in [1.82, 2.24) is 24.8 Å². The molecule has 2 fully saturated rings. The van der Waals surface area contributed by atoms with Gasteiger partial charge in [0.05, 0.1) is 21.7 Å². The summed E-state index contributed by atoms with van der Waals surface area (Å²) >= 11 is 1.82. The predicted octanol–water partition coefficient (Wildman–Crippen LogP) is 5.52. The van der Waals surface area contributed by atoms with Crippen LogP contribution in [0.3, 0.4) is 0 Å². The van der Waals surface area contributed by atoms with Gasteiger partial charge >= 0.3 is 0 Å². The summed E-state index contributed by atoms with van der Waals surface area (Å²) in [5.74, 6) is 2.26. The molecule has 2 aliphatic heterocycles. The van der Waals surface area contributed by atoms with E-state index in [-0.39, 0.29) is 0 Å². The van der Waals surface area contributed by atoms with Crippen molar-refractivity contribution >= 4 is 22.4 Å². The van der Waals surface area contributed by atoms with Gasteiger partial charge in [-0.05, 0) is 44.9 Å². The Labute approximate surface area is 205 Å². The second kappa shape index (κ2) is 8.91. The number of benzene rings is 2. The second-order valence-corrected chi connectivity index (χ2v) is 11.2. The van der Waals surface area contributed by atoms with Crippen LogP contribution in [0.25, 0.3) is 22.3 Å². The quantitative estimate of drug-likeness (QED) is 0.385. The summed E-state index contributed by atoms with van der Waals surface area (Å²) in [6.07, 6.45) is 1.07. The molecule has 6 rings (SSSR count). The standard InChI is InChI=1S/C28H33N5S/c1-18(2)32-15-23(16-32)28-31-26(17-34-28)21-10-8-20(9-11-21)12-19(3)33-13-22(14-33)27-29-24-6-4-5-7-25(24)30-27/h4-11,17-19,22-23H,12-16H2,1-3H3,(H,29,30). The maximum absolute atomic E-state index is 4.97. The number of rotatable bonds is 7. The number of hydrogen-bond acceptors (Lipinski definition) is 5. The van der Waals surface area contributed by atoms with Crippen molar-refractivity contribution in [1.29, 1.82) is 0 Å². The van der Waals surface area contributed by atoms with Crippen LogP contribution in [0.15, 0.2) is 53.9 Å². The predicted molar refractivity (Wildman–Crippen MR) is 141 cm³/mol. The molecule has 4 aromatic rings. The Balaban J connectivity index is 1.03. The number of nitrogens with zero attached hydrogens (tertiary/aromatic N) is 4. The summed E-state index contributed by atoms with van der Waals surface area (Å²) in [6, 6.07) is 18.5. The Morgan fingerprint density at radius 2 is 1.65 bits per heavy atom. The molecule has 1 atom stereocenters. The Kier molecular flexibility index (Phi) is 5.76. The zero-order chi connectivity index (χ0) is 23.2. The third-order valence-electron chi connectivity index (χ3n) is 7.62. The zero-order valence-corrected chi connectivity index (χ0v) is 21.1. The van der Waals surface area contributed by atoms with Crippen molar-refractivity contribution in [2.75, 3.05) is 26.2 Å². The normalized spacial score (nSPS) is 18.9. The van der Waals surface area contributed by atoms with Crippen LogP contribution in [0.1, 0.15) is 49.0 Å². The van der Waals surface area contributed by atoms with Gasteiger partial charge in [-0.3, -0.25) is 9.80 Å². The van der Waals surface area contributed by atoms with Crippen LogP contribution in [-0.2, 0) is 6.42 Å². The van der Waals surface area contributed by atoms with E-state index in [2.05, 4.69) is 89.5 Å². The Hall–Kier alpha value is -2.54. The molecule has 0 aliphatic carbocycles. The average molecular weight is 472 g/mol. The molecule has 5 nitrogen and oxygen atoms in total. The summed E-state index contributed by atoms with van der Waals surface area (Å²) in [7, 11) is 0. The lowest BCUT2D eigenvalue weighted by atomic mass is 9.94. The Morgan fingerprint density at radius 3 is 2.38 bits per heavy atom. The van der Waals surface area contributed by atoms with E-state index in [4.69, 9.17) is 9.97 Å². The largest absolute Gasteiger partial charge is 0.342 e. The molecule has 0 bridgehead atoms. The average Bonchev–Trinajstić information content (AvgIpc) is 3.39. The summed E-state index contributed by atoms with van der Waals surface area (Å²) in [5, 5.41) is 3.52. The highest BCUT2D eigenvalue weighted by Gasteiger charge is 2.33. The van der Waals surface area contributed by atoms with E-state index in [9.17, 15) is 0 Å². The van der Waals surface area contributed by atoms with Crippen molar-refractivity contribution < 1.29 is 0 Å². The molecular formula is C28H33N5S. The first-order chi connectivity index (χ1) is 16.5. The highest BCUT2D eigenvalue weighted by molar-refractivity contribution is 7.10. The fourth-order valence-corrected chi connectivity index (χ4v) is 6.11. The number of nitrogens with one attached hydrogen (secondary N) is 1. The third-order valence-corrected chi connectivity index (χ3v) is 8.63. The van der Waals surface area contributed by atoms with Gasteiger partial charge in [0.25, 0.3) is 0 Å². The van der Waals surface area contributed by atoms with Gasteiger partial charge in [0.1, 0.15) is 5.82 Å². The van der Waals surface area contributed by atoms with Crippen molar-refractivity contribution in [3.8, 4) is 11.3 Å². The van der Waals surface area contributed by atoms with E-state index >= 15 is 0 Å².